The minimum Gasteiger partial charge on any atom is -0.348 e. The maximum Gasteiger partial charge on any atom is 0.233 e. The van der Waals surface area contributed by atoms with Gasteiger partial charge in [-0.2, -0.15) is 0 Å². The third kappa shape index (κ3) is 4.48. The van der Waals surface area contributed by atoms with Gasteiger partial charge in [0.15, 0.2) is 11.0 Å². The predicted molar refractivity (Wildman–Crippen MR) is 135 cm³/mol. The topological polar surface area (TPSA) is 72.7 Å². The highest BCUT2D eigenvalue weighted by molar-refractivity contribution is 8.00. The Bertz CT molecular complexity index is 1300. The van der Waals surface area contributed by atoms with Crippen LogP contribution in [0.4, 0.5) is 0 Å². The molecule has 7 heteroatoms. The van der Waals surface area contributed by atoms with Gasteiger partial charge in [0.1, 0.15) is 0 Å². The minimum absolute atomic E-state index is 0.00830. The van der Waals surface area contributed by atoms with E-state index < -0.39 is 0 Å². The van der Waals surface area contributed by atoms with Crippen LogP contribution in [0, 0.1) is 6.92 Å². The Labute approximate surface area is 203 Å². The molecule has 2 atom stereocenters. The number of hydrogen-bond acceptors (Lipinski definition) is 5. The van der Waals surface area contributed by atoms with Gasteiger partial charge in [0.25, 0.3) is 0 Å². The molecule has 1 aliphatic carbocycles. The fourth-order valence-corrected chi connectivity index (χ4v) is 5.33. The second-order valence-electron chi connectivity index (χ2n) is 8.58. The van der Waals surface area contributed by atoms with Gasteiger partial charge in [-0.1, -0.05) is 54.2 Å². The second-order valence-corrected chi connectivity index (χ2v) is 9.89. The number of hydrogen-bond donors (Lipinski definition) is 1. The highest BCUT2D eigenvalue weighted by Crippen LogP contribution is 2.33. The fourth-order valence-electron chi connectivity index (χ4n) is 4.46. The molecule has 172 valence electrons. The number of amides is 1. The van der Waals surface area contributed by atoms with Crippen molar-refractivity contribution in [1.82, 2.24) is 25.1 Å². The third-order valence-corrected chi connectivity index (χ3v) is 7.29. The summed E-state index contributed by atoms with van der Waals surface area (Å²) in [5.74, 6) is 0.715. The van der Waals surface area contributed by atoms with E-state index in [1.54, 1.807) is 12.4 Å². The van der Waals surface area contributed by atoms with Crippen LogP contribution in [0.25, 0.3) is 17.1 Å². The molecule has 0 radical (unpaired) electrons. The fraction of sp³-hybridized carbons (Fsp3) is 0.259. The van der Waals surface area contributed by atoms with Crippen molar-refractivity contribution in [1.29, 1.82) is 0 Å². The number of thioether (sulfide) groups is 1. The average molecular weight is 470 g/mol. The molecule has 6 nitrogen and oxygen atoms in total. The van der Waals surface area contributed by atoms with Crippen molar-refractivity contribution < 1.29 is 4.79 Å². The van der Waals surface area contributed by atoms with Crippen molar-refractivity contribution in [2.24, 2.45) is 0 Å². The number of para-hydroxylation sites is 1. The van der Waals surface area contributed by atoms with Crippen molar-refractivity contribution in [2.75, 3.05) is 0 Å². The van der Waals surface area contributed by atoms with Gasteiger partial charge in [-0.05, 0) is 68.0 Å². The SMILES string of the molecule is Cc1ccccc1-n1c(S[C@H](C)C(=O)N[C@H]2CCCc3ccccc32)nnc1-c1cccnc1. The number of aryl methyl sites for hydroxylation is 2. The lowest BCUT2D eigenvalue weighted by Crippen LogP contribution is -2.36. The average Bonchev–Trinajstić information content (AvgIpc) is 3.28. The quantitative estimate of drug-likeness (QED) is 0.387. The van der Waals surface area contributed by atoms with Gasteiger partial charge >= 0.3 is 0 Å². The number of aromatic nitrogens is 4. The first-order valence-electron chi connectivity index (χ1n) is 11.6. The molecule has 1 amide bonds. The molecule has 5 rings (SSSR count). The lowest BCUT2D eigenvalue weighted by molar-refractivity contribution is -0.121. The zero-order chi connectivity index (χ0) is 23.5. The van der Waals surface area contributed by atoms with Crippen LogP contribution in [0.2, 0.25) is 0 Å². The molecule has 1 aliphatic rings. The van der Waals surface area contributed by atoms with Gasteiger partial charge in [-0.3, -0.25) is 14.3 Å². The van der Waals surface area contributed by atoms with E-state index in [1.807, 2.05) is 47.9 Å². The second kappa shape index (κ2) is 9.81. The predicted octanol–water partition coefficient (Wildman–Crippen LogP) is 5.31. The van der Waals surface area contributed by atoms with E-state index in [2.05, 4.69) is 51.7 Å². The summed E-state index contributed by atoms with van der Waals surface area (Å²) in [6.07, 6.45) is 6.64. The van der Waals surface area contributed by atoms with Crippen molar-refractivity contribution >= 4 is 17.7 Å². The van der Waals surface area contributed by atoms with E-state index in [1.165, 1.54) is 22.9 Å². The number of benzene rings is 2. The van der Waals surface area contributed by atoms with Crippen LogP contribution >= 0.6 is 11.8 Å². The smallest absolute Gasteiger partial charge is 0.233 e. The Balaban J connectivity index is 1.42. The van der Waals surface area contributed by atoms with E-state index in [4.69, 9.17) is 0 Å². The van der Waals surface area contributed by atoms with Crippen LogP contribution in [0.15, 0.2) is 78.2 Å². The van der Waals surface area contributed by atoms with Crippen LogP contribution in [0.5, 0.6) is 0 Å². The molecule has 0 bridgehead atoms. The van der Waals surface area contributed by atoms with Crippen molar-refractivity contribution in [3.8, 4) is 17.1 Å². The molecule has 0 aliphatic heterocycles. The zero-order valence-corrected chi connectivity index (χ0v) is 20.1. The highest BCUT2D eigenvalue weighted by atomic mass is 32.2. The van der Waals surface area contributed by atoms with E-state index in [0.717, 1.165) is 36.1 Å². The monoisotopic (exact) mass is 469 g/mol. The Morgan fingerprint density at radius 1 is 1.09 bits per heavy atom. The molecule has 34 heavy (non-hydrogen) atoms. The number of fused-ring (bicyclic) bond motifs is 1. The van der Waals surface area contributed by atoms with E-state index in [-0.39, 0.29) is 17.2 Å². The van der Waals surface area contributed by atoms with Gasteiger partial charge in [-0.15, -0.1) is 10.2 Å². The molecular formula is C27H27N5OS. The van der Waals surface area contributed by atoms with Crippen molar-refractivity contribution in [3.63, 3.8) is 0 Å². The maximum absolute atomic E-state index is 13.2. The Hall–Kier alpha value is -3.45. The Morgan fingerprint density at radius 2 is 1.91 bits per heavy atom. The summed E-state index contributed by atoms with van der Waals surface area (Å²) >= 11 is 1.42. The Kier molecular flexibility index (Phi) is 6.45. The molecule has 0 spiro atoms. The van der Waals surface area contributed by atoms with E-state index >= 15 is 0 Å². The maximum atomic E-state index is 13.2. The van der Waals surface area contributed by atoms with Gasteiger partial charge in [-0.25, -0.2) is 0 Å². The normalized spacial score (nSPS) is 16.0. The molecule has 0 saturated carbocycles. The minimum atomic E-state index is -0.331. The summed E-state index contributed by atoms with van der Waals surface area (Å²) in [6.45, 7) is 3.99. The molecule has 2 aromatic carbocycles. The van der Waals surface area contributed by atoms with Crippen molar-refractivity contribution in [2.45, 2.75) is 49.6 Å². The van der Waals surface area contributed by atoms with Gasteiger partial charge in [0.2, 0.25) is 5.91 Å². The number of nitrogens with zero attached hydrogens (tertiary/aromatic N) is 4. The van der Waals surface area contributed by atoms with Crippen LogP contribution in [-0.4, -0.2) is 30.9 Å². The molecular weight excluding hydrogens is 442 g/mol. The largest absolute Gasteiger partial charge is 0.348 e. The van der Waals surface area contributed by atoms with E-state index in [9.17, 15) is 4.79 Å². The van der Waals surface area contributed by atoms with E-state index in [0.29, 0.717) is 11.0 Å². The first-order chi connectivity index (χ1) is 16.6. The summed E-state index contributed by atoms with van der Waals surface area (Å²) < 4.78 is 2.02. The number of carbonyl (C=O) groups is 1. The summed E-state index contributed by atoms with van der Waals surface area (Å²) in [5, 5.41) is 12.6. The molecule has 1 N–H and O–H groups in total. The molecule has 0 unspecified atom stereocenters. The van der Waals surface area contributed by atoms with Crippen LogP contribution in [-0.2, 0) is 11.2 Å². The van der Waals surface area contributed by atoms with Gasteiger partial charge < -0.3 is 5.32 Å². The summed E-state index contributed by atoms with van der Waals surface area (Å²) in [6, 6.07) is 20.4. The lowest BCUT2D eigenvalue weighted by Gasteiger charge is -2.27. The van der Waals surface area contributed by atoms with Gasteiger partial charge in [0, 0.05) is 18.0 Å². The van der Waals surface area contributed by atoms with Gasteiger partial charge in [0.05, 0.1) is 17.0 Å². The zero-order valence-electron chi connectivity index (χ0n) is 19.3. The highest BCUT2D eigenvalue weighted by Gasteiger charge is 2.26. The van der Waals surface area contributed by atoms with Crippen LogP contribution in [0.1, 0.15) is 42.5 Å². The standard InChI is InChI=1S/C27H27N5OS/c1-18-9-3-6-15-24(18)32-25(21-12-8-16-28-17-21)30-31-27(32)34-19(2)26(33)29-23-14-7-11-20-10-4-5-13-22(20)23/h3-6,8-10,12-13,15-17,19,23H,7,11,14H2,1-2H3,(H,29,33)/t19-,23+/m1/s1. The number of nitrogens with one attached hydrogen (secondary N) is 1. The number of pyridine rings is 1. The summed E-state index contributed by atoms with van der Waals surface area (Å²) in [7, 11) is 0. The van der Waals surface area contributed by atoms with Crippen LogP contribution < -0.4 is 5.32 Å². The van der Waals surface area contributed by atoms with Crippen molar-refractivity contribution in [3.05, 3.63) is 89.7 Å². The summed E-state index contributed by atoms with van der Waals surface area (Å²) in [5.41, 5.74) is 5.54. The molecule has 2 aromatic heterocycles. The summed E-state index contributed by atoms with van der Waals surface area (Å²) in [4.78, 5) is 17.5. The molecule has 0 fully saturated rings. The molecule has 2 heterocycles. The number of carbonyl (C=O) groups excluding carboxylic acids is 1. The molecule has 0 saturated heterocycles. The first-order valence-corrected chi connectivity index (χ1v) is 12.5. The Morgan fingerprint density at radius 3 is 2.74 bits per heavy atom. The van der Waals surface area contributed by atoms with Crippen LogP contribution in [0.3, 0.4) is 0 Å². The number of rotatable bonds is 6. The first kappa shape index (κ1) is 22.3. The lowest BCUT2D eigenvalue weighted by atomic mass is 9.88. The molecule has 4 aromatic rings. The third-order valence-electron chi connectivity index (χ3n) is 6.25.